The fraction of sp³-hybridized carbons (Fsp3) is 0.611. The van der Waals surface area contributed by atoms with E-state index in [4.69, 9.17) is 4.99 Å². The second-order valence-electron chi connectivity index (χ2n) is 6.33. The number of hydrogen-bond donors (Lipinski definition) is 2. The van der Waals surface area contributed by atoms with Gasteiger partial charge in [0.05, 0.1) is 0 Å². The van der Waals surface area contributed by atoms with E-state index in [0.29, 0.717) is 12.0 Å². The van der Waals surface area contributed by atoms with Crippen LogP contribution in [0.25, 0.3) is 0 Å². The molecule has 1 aromatic carbocycles. The van der Waals surface area contributed by atoms with Crippen molar-refractivity contribution in [2.75, 3.05) is 19.3 Å². The van der Waals surface area contributed by atoms with E-state index >= 15 is 0 Å². The summed E-state index contributed by atoms with van der Waals surface area (Å²) in [6.45, 7) is 3.95. The molecule has 3 unspecified atom stereocenters. The molecule has 1 aromatic rings. The molecular weight excluding hydrogens is 417 g/mol. The van der Waals surface area contributed by atoms with Gasteiger partial charge >= 0.3 is 0 Å². The Morgan fingerprint density at radius 3 is 2.83 bits per heavy atom. The fourth-order valence-corrected chi connectivity index (χ4v) is 4.32. The molecule has 23 heavy (non-hydrogen) atoms. The lowest BCUT2D eigenvalue weighted by Crippen LogP contribution is -2.43. The lowest BCUT2D eigenvalue weighted by molar-refractivity contribution is 0.594. The van der Waals surface area contributed by atoms with Crippen LogP contribution in [0.4, 0.5) is 0 Å². The average molecular weight is 445 g/mol. The number of nitrogens with zero attached hydrogens (tertiary/aromatic N) is 1. The Morgan fingerprint density at radius 2 is 2.13 bits per heavy atom. The normalized spacial score (nSPS) is 26.0. The first kappa shape index (κ1) is 18.9. The minimum atomic E-state index is 0. The predicted molar refractivity (Wildman–Crippen MR) is 112 cm³/mol. The second kappa shape index (κ2) is 9.16. The van der Waals surface area contributed by atoms with Gasteiger partial charge in [0.15, 0.2) is 5.96 Å². The summed E-state index contributed by atoms with van der Waals surface area (Å²) < 4.78 is 0. The maximum absolute atomic E-state index is 4.84. The van der Waals surface area contributed by atoms with Crippen molar-refractivity contribution in [1.82, 2.24) is 10.6 Å². The smallest absolute Gasteiger partial charge is 0.191 e. The molecule has 1 saturated carbocycles. The van der Waals surface area contributed by atoms with E-state index in [2.05, 4.69) is 48.1 Å². The van der Waals surface area contributed by atoms with Gasteiger partial charge in [0.2, 0.25) is 0 Å². The summed E-state index contributed by atoms with van der Waals surface area (Å²) in [4.78, 5) is 4.84. The van der Waals surface area contributed by atoms with Gasteiger partial charge in [-0.2, -0.15) is 11.8 Å². The molecule has 1 fully saturated rings. The van der Waals surface area contributed by atoms with Gasteiger partial charge in [0.25, 0.3) is 0 Å². The Kier molecular flexibility index (Phi) is 7.53. The minimum absolute atomic E-state index is 0. The number of fused-ring (bicyclic) bond motifs is 1. The molecule has 0 radical (unpaired) electrons. The highest BCUT2D eigenvalue weighted by molar-refractivity contribution is 14.0. The van der Waals surface area contributed by atoms with Crippen molar-refractivity contribution in [3.63, 3.8) is 0 Å². The van der Waals surface area contributed by atoms with Crippen molar-refractivity contribution >= 4 is 41.7 Å². The van der Waals surface area contributed by atoms with E-state index in [1.165, 1.54) is 36.8 Å². The number of rotatable bonds is 5. The predicted octanol–water partition coefficient (Wildman–Crippen LogP) is 3.78. The highest BCUT2D eigenvalue weighted by Crippen LogP contribution is 2.34. The topological polar surface area (TPSA) is 36.4 Å². The zero-order valence-electron chi connectivity index (χ0n) is 14.0. The fourth-order valence-electron chi connectivity index (χ4n) is 3.53. The van der Waals surface area contributed by atoms with Crippen molar-refractivity contribution < 1.29 is 0 Å². The maximum Gasteiger partial charge on any atom is 0.191 e. The molecule has 0 amide bonds. The van der Waals surface area contributed by atoms with E-state index in [1.807, 2.05) is 11.8 Å². The SMILES string of the molecule is CCNC(=NCC1Cc2ccccc21)NC1CCC(SC)C1.I. The van der Waals surface area contributed by atoms with Crippen molar-refractivity contribution in [2.45, 2.75) is 49.8 Å². The summed E-state index contributed by atoms with van der Waals surface area (Å²) in [5.74, 6) is 1.60. The Balaban J connectivity index is 0.00000192. The molecular formula is C18H28IN3S. The van der Waals surface area contributed by atoms with E-state index in [9.17, 15) is 0 Å². The molecule has 128 valence electrons. The van der Waals surface area contributed by atoms with Crippen LogP contribution in [0.3, 0.4) is 0 Å². The number of guanidine groups is 1. The van der Waals surface area contributed by atoms with Crippen LogP contribution in [0.2, 0.25) is 0 Å². The summed E-state index contributed by atoms with van der Waals surface area (Å²) in [7, 11) is 0. The van der Waals surface area contributed by atoms with E-state index in [-0.39, 0.29) is 24.0 Å². The third-order valence-corrected chi connectivity index (χ3v) is 5.93. The van der Waals surface area contributed by atoms with Crippen molar-refractivity contribution in [2.24, 2.45) is 4.99 Å². The average Bonchev–Trinajstić information content (AvgIpc) is 2.96. The minimum Gasteiger partial charge on any atom is -0.357 e. The van der Waals surface area contributed by atoms with Crippen LogP contribution in [0.1, 0.15) is 43.2 Å². The molecule has 3 rings (SSSR count). The molecule has 2 N–H and O–H groups in total. The zero-order chi connectivity index (χ0) is 15.4. The molecule has 0 aliphatic heterocycles. The Hall–Kier alpha value is -0.430. The quantitative estimate of drug-likeness (QED) is 0.412. The van der Waals surface area contributed by atoms with Crippen LogP contribution in [0.5, 0.6) is 0 Å². The lowest BCUT2D eigenvalue weighted by atomic mass is 9.78. The van der Waals surface area contributed by atoms with Gasteiger partial charge in [-0.15, -0.1) is 24.0 Å². The third kappa shape index (κ3) is 4.78. The van der Waals surface area contributed by atoms with Gasteiger partial charge in [0.1, 0.15) is 0 Å². The summed E-state index contributed by atoms with van der Waals surface area (Å²) in [5, 5.41) is 7.85. The van der Waals surface area contributed by atoms with Crippen LogP contribution in [0, 0.1) is 0 Å². The summed E-state index contributed by atoms with van der Waals surface area (Å²) in [6.07, 6.45) is 7.26. The zero-order valence-corrected chi connectivity index (χ0v) is 17.2. The Bertz CT molecular complexity index is 535. The first-order valence-electron chi connectivity index (χ1n) is 8.45. The Labute approximate surface area is 161 Å². The molecule has 2 aliphatic rings. The molecule has 0 heterocycles. The van der Waals surface area contributed by atoms with Crippen LogP contribution in [-0.4, -0.2) is 36.6 Å². The largest absolute Gasteiger partial charge is 0.357 e. The van der Waals surface area contributed by atoms with Crippen molar-refractivity contribution in [3.8, 4) is 0 Å². The van der Waals surface area contributed by atoms with Gasteiger partial charge in [-0.25, -0.2) is 0 Å². The number of hydrogen-bond acceptors (Lipinski definition) is 2. The monoisotopic (exact) mass is 445 g/mol. The molecule has 0 saturated heterocycles. The molecule has 0 aromatic heterocycles. The molecule has 3 nitrogen and oxygen atoms in total. The first-order valence-corrected chi connectivity index (χ1v) is 9.74. The number of aliphatic imine (C=N–C) groups is 1. The number of nitrogens with one attached hydrogen (secondary N) is 2. The van der Waals surface area contributed by atoms with Gasteiger partial charge < -0.3 is 10.6 Å². The van der Waals surface area contributed by atoms with Gasteiger partial charge in [-0.1, -0.05) is 24.3 Å². The maximum atomic E-state index is 4.84. The van der Waals surface area contributed by atoms with Crippen LogP contribution < -0.4 is 10.6 Å². The van der Waals surface area contributed by atoms with Gasteiger partial charge in [0, 0.05) is 30.3 Å². The molecule has 2 aliphatic carbocycles. The molecule has 0 spiro atoms. The highest BCUT2D eigenvalue weighted by atomic mass is 127. The van der Waals surface area contributed by atoms with Crippen molar-refractivity contribution in [1.29, 1.82) is 0 Å². The molecule has 0 bridgehead atoms. The summed E-state index contributed by atoms with van der Waals surface area (Å²) in [5.41, 5.74) is 2.99. The van der Waals surface area contributed by atoms with Crippen LogP contribution in [0.15, 0.2) is 29.3 Å². The summed E-state index contributed by atoms with van der Waals surface area (Å²) in [6, 6.07) is 9.34. The Morgan fingerprint density at radius 1 is 1.30 bits per heavy atom. The molecule has 3 atom stereocenters. The van der Waals surface area contributed by atoms with Crippen LogP contribution >= 0.6 is 35.7 Å². The first-order chi connectivity index (χ1) is 10.8. The number of benzene rings is 1. The van der Waals surface area contributed by atoms with Gasteiger partial charge in [-0.3, -0.25) is 4.99 Å². The summed E-state index contributed by atoms with van der Waals surface area (Å²) >= 11 is 2.00. The molecule has 5 heteroatoms. The third-order valence-electron chi connectivity index (χ3n) is 4.83. The lowest BCUT2D eigenvalue weighted by Gasteiger charge is -2.29. The highest BCUT2D eigenvalue weighted by Gasteiger charge is 2.26. The van der Waals surface area contributed by atoms with E-state index < -0.39 is 0 Å². The van der Waals surface area contributed by atoms with Crippen LogP contribution in [-0.2, 0) is 6.42 Å². The number of thioether (sulfide) groups is 1. The van der Waals surface area contributed by atoms with Gasteiger partial charge in [-0.05, 0) is 50.0 Å². The second-order valence-corrected chi connectivity index (χ2v) is 7.47. The van der Waals surface area contributed by atoms with Crippen molar-refractivity contribution in [3.05, 3.63) is 35.4 Å². The number of halogens is 1. The van der Waals surface area contributed by atoms with E-state index in [1.54, 1.807) is 0 Å². The van der Waals surface area contributed by atoms with E-state index in [0.717, 1.165) is 24.3 Å². The standard InChI is InChI=1S/C18H27N3S.HI/c1-3-19-18(21-15-8-9-16(11-15)22-2)20-12-14-10-13-6-4-5-7-17(13)14;/h4-7,14-16H,3,8-12H2,1-2H3,(H2,19,20,21);1H.